The second kappa shape index (κ2) is 11.5. The van der Waals surface area contributed by atoms with Crippen molar-refractivity contribution < 1.29 is 24.3 Å². The second-order valence-electron chi connectivity index (χ2n) is 7.01. The van der Waals surface area contributed by atoms with Crippen LogP contribution in [0.5, 0.6) is 0 Å². The molecular formula is C17H32N4O5. The van der Waals surface area contributed by atoms with E-state index in [0.29, 0.717) is 12.8 Å². The maximum Gasteiger partial charge on any atom is 0.326 e. The average molecular weight is 372 g/mol. The van der Waals surface area contributed by atoms with Crippen LogP contribution in [0.4, 0.5) is 0 Å². The van der Waals surface area contributed by atoms with Crippen molar-refractivity contribution in [2.75, 3.05) is 0 Å². The number of carboxylic acids is 1. The molecule has 0 saturated carbocycles. The molecule has 0 aliphatic carbocycles. The SMILES string of the molecule is CCC(C)C(NC(=O)C(CCC(N)=O)NC(=O)C(N)CC(C)C)C(=O)O. The molecular weight excluding hydrogens is 340 g/mol. The summed E-state index contributed by atoms with van der Waals surface area (Å²) < 4.78 is 0. The van der Waals surface area contributed by atoms with Crippen LogP contribution in [0, 0.1) is 11.8 Å². The zero-order chi connectivity index (χ0) is 20.4. The van der Waals surface area contributed by atoms with E-state index in [1.165, 1.54) is 0 Å². The number of nitrogens with one attached hydrogen (secondary N) is 2. The number of carbonyl (C=O) groups is 4. The molecule has 0 aromatic carbocycles. The number of carbonyl (C=O) groups excluding carboxylic acids is 3. The fourth-order valence-electron chi connectivity index (χ4n) is 2.39. The van der Waals surface area contributed by atoms with E-state index in [-0.39, 0.29) is 24.7 Å². The summed E-state index contributed by atoms with van der Waals surface area (Å²) in [6.07, 6.45) is 0.822. The number of amides is 3. The molecule has 0 aromatic rings. The number of rotatable bonds is 12. The molecule has 0 aliphatic heterocycles. The molecule has 4 atom stereocenters. The van der Waals surface area contributed by atoms with Gasteiger partial charge in [0, 0.05) is 6.42 Å². The molecule has 4 unspecified atom stereocenters. The highest BCUT2D eigenvalue weighted by Crippen LogP contribution is 2.10. The minimum absolute atomic E-state index is 0.0336. The van der Waals surface area contributed by atoms with Crippen molar-refractivity contribution in [3.8, 4) is 0 Å². The molecule has 0 spiro atoms. The van der Waals surface area contributed by atoms with Crippen molar-refractivity contribution in [3.63, 3.8) is 0 Å². The molecule has 0 fully saturated rings. The Hall–Kier alpha value is -2.16. The van der Waals surface area contributed by atoms with Gasteiger partial charge in [0.1, 0.15) is 12.1 Å². The van der Waals surface area contributed by atoms with E-state index in [0.717, 1.165) is 0 Å². The third-order valence-electron chi connectivity index (χ3n) is 4.15. The quantitative estimate of drug-likeness (QED) is 0.316. The Labute approximate surface area is 154 Å². The third-order valence-corrected chi connectivity index (χ3v) is 4.15. The van der Waals surface area contributed by atoms with Gasteiger partial charge in [-0.1, -0.05) is 34.1 Å². The Morgan fingerprint density at radius 2 is 1.62 bits per heavy atom. The normalized spacial score (nSPS) is 15.6. The van der Waals surface area contributed by atoms with Crippen LogP contribution in [0.2, 0.25) is 0 Å². The summed E-state index contributed by atoms with van der Waals surface area (Å²) >= 11 is 0. The number of hydrogen-bond donors (Lipinski definition) is 5. The van der Waals surface area contributed by atoms with Crippen LogP contribution in [0.15, 0.2) is 0 Å². The monoisotopic (exact) mass is 372 g/mol. The Balaban J connectivity index is 5.15. The minimum atomic E-state index is -1.16. The Morgan fingerprint density at radius 3 is 2.04 bits per heavy atom. The fraction of sp³-hybridized carbons (Fsp3) is 0.765. The zero-order valence-corrected chi connectivity index (χ0v) is 16.0. The number of nitrogens with two attached hydrogens (primary N) is 2. The van der Waals surface area contributed by atoms with Crippen molar-refractivity contribution in [2.45, 2.75) is 71.5 Å². The fourth-order valence-corrected chi connectivity index (χ4v) is 2.39. The highest BCUT2D eigenvalue weighted by Gasteiger charge is 2.30. The Kier molecular flexibility index (Phi) is 10.5. The minimum Gasteiger partial charge on any atom is -0.480 e. The van der Waals surface area contributed by atoms with Crippen LogP contribution in [0.3, 0.4) is 0 Å². The van der Waals surface area contributed by atoms with Crippen LogP contribution in [-0.4, -0.2) is 46.9 Å². The second-order valence-corrected chi connectivity index (χ2v) is 7.01. The van der Waals surface area contributed by atoms with Gasteiger partial charge in [-0.05, 0) is 24.7 Å². The van der Waals surface area contributed by atoms with Gasteiger partial charge in [-0.15, -0.1) is 0 Å². The van der Waals surface area contributed by atoms with Gasteiger partial charge < -0.3 is 27.2 Å². The maximum atomic E-state index is 12.5. The van der Waals surface area contributed by atoms with E-state index >= 15 is 0 Å². The molecule has 9 nitrogen and oxygen atoms in total. The largest absolute Gasteiger partial charge is 0.480 e. The smallest absolute Gasteiger partial charge is 0.326 e. The van der Waals surface area contributed by atoms with Gasteiger partial charge >= 0.3 is 5.97 Å². The molecule has 0 rings (SSSR count). The van der Waals surface area contributed by atoms with Crippen LogP contribution in [0.25, 0.3) is 0 Å². The van der Waals surface area contributed by atoms with Crippen molar-refractivity contribution >= 4 is 23.7 Å². The number of hydrogen-bond acceptors (Lipinski definition) is 5. The van der Waals surface area contributed by atoms with Crippen molar-refractivity contribution in [3.05, 3.63) is 0 Å². The molecule has 0 bridgehead atoms. The van der Waals surface area contributed by atoms with Crippen molar-refractivity contribution in [2.24, 2.45) is 23.3 Å². The van der Waals surface area contributed by atoms with Gasteiger partial charge in [-0.3, -0.25) is 14.4 Å². The molecule has 26 heavy (non-hydrogen) atoms. The predicted octanol–water partition coefficient (Wildman–Crippen LogP) is -0.274. The molecule has 0 aromatic heterocycles. The summed E-state index contributed by atoms with van der Waals surface area (Å²) in [5.41, 5.74) is 10.9. The van der Waals surface area contributed by atoms with E-state index in [1.807, 2.05) is 20.8 Å². The summed E-state index contributed by atoms with van der Waals surface area (Å²) in [6, 6.07) is -2.98. The molecule has 0 radical (unpaired) electrons. The van der Waals surface area contributed by atoms with Crippen LogP contribution >= 0.6 is 0 Å². The average Bonchev–Trinajstić information content (AvgIpc) is 2.53. The van der Waals surface area contributed by atoms with Crippen molar-refractivity contribution in [1.82, 2.24) is 10.6 Å². The van der Waals surface area contributed by atoms with Gasteiger partial charge in [0.15, 0.2) is 0 Å². The van der Waals surface area contributed by atoms with Gasteiger partial charge in [0.05, 0.1) is 6.04 Å². The molecule has 3 amide bonds. The predicted molar refractivity (Wildman–Crippen MR) is 96.8 cm³/mol. The zero-order valence-electron chi connectivity index (χ0n) is 16.0. The van der Waals surface area contributed by atoms with E-state index in [4.69, 9.17) is 11.5 Å². The number of primary amides is 1. The van der Waals surface area contributed by atoms with Gasteiger partial charge in [-0.25, -0.2) is 4.79 Å². The lowest BCUT2D eigenvalue weighted by Gasteiger charge is -2.25. The number of aliphatic carboxylic acids is 1. The lowest BCUT2D eigenvalue weighted by molar-refractivity contribution is -0.144. The lowest BCUT2D eigenvalue weighted by Crippen LogP contribution is -2.55. The van der Waals surface area contributed by atoms with Gasteiger partial charge in [0.2, 0.25) is 17.7 Å². The van der Waals surface area contributed by atoms with Gasteiger partial charge in [-0.2, -0.15) is 0 Å². The molecule has 0 saturated heterocycles. The highest BCUT2D eigenvalue weighted by atomic mass is 16.4. The first-order valence-electron chi connectivity index (χ1n) is 8.86. The summed E-state index contributed by atoms with van der Waals surface area (Å²) in [4.78, 5) is 47.1. The lowest BCUT2D eigenvalue weighted by atomic mass is 9.98. The standard InChI is InChI=1S/C17H32N4O5/c1-5-10(4)14(17(25)26)21-16(24)12(6-7-13(19)22)20-15(23)11(18)8-9(2)3/h9-12,14H,5-8,18H2,1-4H3,(H2,19,22)(H,20,23)(H,21,24)(H,25,26). The summed E-state index contributed by atoms with van der Waals surface area (Å²) in [6.45, 7) is 7.33. The maximum absolute atomic E-state index is 12.5. The topological polar surface area (TPSA) is 165 Å². The van der Waals surface area contributed by atoms with Crippen LogP contribution in [0.1, 0.15) is 53.4 Å². The van der Waals surface area contributed by atoms with E-state index in [9.17, 15) is 24.3 Å². The molecule has 9 heteroatoms. The van der Waals surface area contributed by atoms with E-state index < -0.39 is 41.8 Å². The molecule has 150 valence electrons. The first kappa shape index (κ1) is 23.8. The summed E-state index contributed by atoms with van der Waals surface area (Å²) in [7, 11) is 0. The third kappa shape index (κ3) is 8.80. The highest BCUT2D eigenvalue weighted by molar-refractivity contribution is 5.92. The molecule has 0 aliphatic rings. The summed E-state index contributed by atoms with van der Waals surface area (Å²) in [5, 5.41) is 14.2. The van der Waals surface area contributed by atoms with E-state index in [2.05, 4.69) is 10.6 Å². The Morgan fingerprint density at radius 1 is 1.04 bits per heavy atom. The van der Waals surface area contributed by atoms with Crippen molar-refractivity contribution in [1.29, 1.82) is 0 Å². The molecule has 7 N–H and O–H groups in total. The van der Waals surface area contributed by atoms with Gasteiger partial charge in [0.25, 0.3) is 0 Å². The van der Waals surface area contributed by atoms with Crippen LogP contribution in [-0.2, 0) is 19.2 Å². The van der Waals surface area contributed by atoms with E-state index in [1.54, 1.807) is 6.92 Å². The first-order chi connectivity index (χ1) is 12.0. The first-order valence-corrected chi connectivity index (χ1v) is 8.86. The summed E-state index contributed by atoms with van der Waals surface area (Å²) in [5.74, 6) is -3.10. The Bertz CT molecular complexity index is 509. The number of carboxylic acid groups (broad SMARTS) is 1. The molecule has 0 heterocycles. The van der Waals surface area contributed by atoms with Crippen LogP contribution < -0.4 is 22.1 Å².